The molecular formula is C13H20O2. The van der Waals surface area contributed by atoms with Crippen molar-refractivity contribution in [2.45, 2.75) is 45.1 Å². The standard InChI is InChI=1S/C13H20O2/c1-2-3-4-5-6-13(15)11-7-9-12(14)10-8-11/h7-10,13-15H,2-6H2,1H3. The van der Waals surface area contributed by atoms with Crippen molar-refractivity contribution in [3.63, 3.8) is 0 Å². The predicted molar refractivity (Wildman–Crippen MR) is 61.8 cm³/mol. The lowest BCUT2D eigenvalue weighted by molar-refractivity contribution is 0.163. The van der Waals surface area contributed by atoms with Gasteiger partial charge in [-0.2, -0.15) is 0 Å². The molecule has 0 heterocycles. The Morgan fingerprint density at radius 2 is 1.73 bits per heavy atom. The van der Waals surface area contributed by atoms with Gasteiger partial charge in [0.15, 0.2) is 0 Å². The van der Waals surface area contributed by atoms with Crippen molar-refractivity contribution in [3.05, 3.63) is 29.8 Å². The van der Waals surface area contributed by atoms with E-state index < -0.39 is 0 Å². The molecule has 84 valence electrons. The van der Waals surface area contributed by atoms with Crippen LogP contribution in [0.15, 0.2) is 24.3 Å². The molecule has 2 heteroatoms. The molecule has 0 fully saturated rings. The summed E-state index contributed by atoms with van der Waals surface area (Å²) >= 11 is 0. The van der Waals surface area contributed by atoms with Crippen molar-refractivity contribution >= 4 is 0 Å². The van der Waals surface area contributed by atoms with Crippen LogP contribution in [-0.2, 0) is 0 Å². The predicted octanol–water partition coefficient (Wildman–Crippen LogP) is 3.40. The number of unbranched alkanes of at least 4 members (excludes halogenated alkanes) is 3. The van der Waals surface area contributed by atoms with Crippen LogP contribution in [0.4, 0.5) is 0 Å². The Morgan fingerprint density at radius 3 is 2.33 bits per heavy atom. The lowest BCUT2D eigenvalue weighted by Crippen LogP contribution is -1.96. The van der Waals surface area contributed by atoms with Gasteiger partial charge in [0, 0.05) is 0 Å². The third kappa shape index (κ3) is 4.34. The number of phenols is 1. The molecule has 0 bridgehead atoms. The van der Waals surface area contributed by atoms with E-state index >= 15 is 0 Å². The van der Waals surface area contributed by atoms with Crippen LogP contribution in [0.2, 0.25) is 0 Å². The molecule has 0 spiro atoms. The van der Waals surface area contributed by atoms with Crippen LogP contribution in [-0.4, -0.2) is 10.2 Å². The van der Waals surface area contributed by atoms with Gasteiger partial charge in [0.1, 0.15) is 5.75 Å². The first-order valence-electron chi connectivity index (χ1n) is 5.71. The highest BCUT2D eigenvalue weighted by Crippen LogP contribution is 2.21. The third-order valence-corrected chi connectivity index (χ3v) is 2.61. The van der Waals surface area contributed by atoms with Crippen molar-refractivity contribution < 1.29 is 10.2 Å². The lowest BCUT2D eigenvalue weighted by atomic mass is 10.0. The Hall–Kier alpha value is -1.02. The summed E-state index contributed by atoms with van der Waals surface area (Å²) < 4.78 is 0. The Bertz CT molecular complexity index is 266. The molecule has 0 aliphatic carbocycles. The zero-order valence-electron chi connectivity index (χ0n) is 9.32. The summed E-state index contributed by atoms with van der Waals surface area (Å²) in [7, 11) is 0. The van der Waals surface area contributed by atoms with Gasteiger partial charge in [-0.3, -0.25) is 0 Å². The van der Waals surface area contributed by atoms with E-state index in [1.54, 1.807) is 24.3 Å². The van der Waals surface area contributed by atoms with Crippen LogP contribution in [0, 0.1) is 0 Å². The fourth-order valence-corrected chi connectivity index (χ4v) is 1.63. The number of aromatic hydroxyl groups is 1. The van der Waals surface area contributed by atoms with Gasteiger partial charge in [0.2, 0.25) is 0 Å². The molecule has 1 atom stereocenters. The lowest BCUT2D eigenvalue weighted by Gasteiger charge is -2.10. The molecule has 1 aromatic rings. The summed E-state index contributed by atoms with van der Waals surface area (Å²) in [4.78, 5) is 0. The van der Waals surface area contributed by atoms with E-state index in [0.717, 1.165) is 18.4 Å². The minimum absolute atomic E-state index is 0.247. The highest BCUT2D eigenvalue weighted by atomic mass is 16.3. The van der Waals surface area contributed by atoms with E-state index in [1.807, 2.05) is 0 Å². The average Bonchev–Trinajstić information content (AvgIpc) is 2.25. The van der Waals surface area contributed by atoms with Gasteiger partial charge in [0.05, 0.1) is 6.10 Å². The fourth-order valence-electron chi connectivity index (χ4n) is 1.63. The molecule has 2 N–H and O–H groups in total. The molecule has 0 aliphatic heterocycles. The van der Waals surface area contributed by atoms with Crippen molar-refractivity contribution in [1.29, 1.82) is 0 Å². The second-order valence-electron chi connectivity index (χ2n) is 3.96. The van der Waals surface area contributed by atoms with Gasteiger partial charge in [0.25, 0.3) is 0 Å². The van der Waals surface area contributed by atoms with Crippen LogP contribution in [0.25, 0.3) is 0 Å². The minimum Gasteiger partial charge on any atom is -0.508 e. The van der Waals surface area contributed by atoms with Crippen molar-refractivity contribution in [2.75, 3.05) is 0 Å². The normalized spacial score (nSPS) is 12.7. The maximum atomic E-state index is 9.83. The molecule has 0 amide bonds. The molecule has 0 saturated carbocycles. The van der Waals surface area contributed by atoms with Crippen molar-refractivity contribution in [3.8, 4) is 5.75 Å². The molecule has 0 aromatic heterocycles. The smallest absolute Gasteiger partial charge is 0.115 e. The van der Waals surface area contributed by atoms with Gasteiger partial charge in [-0.25, -0.2) is 0 Å². The average molecular weight is 208 g/mol. The largest absolute Gasteiger partial charge is 0.508 e. The zero-order chi connectivity index (χ0) is 11.1. The SMILES string of the molecule is CCCCCCC(O)c1ccc(O)cc1. The van der Waals surface area contributed by atoms with E-state index in [9.17, 15) is 5.11 Å². The number of aliphatic hydroxyl groups is 1. The first kappa shape index (κ1) is 12.1. The summed E-state index contributed by atoms with van der Waals surface area (Å²) in [5, 5.41) is 18.9. The van der Waals surface area contributed by atoms with Gasteiger partial charge in [-0.1, -0.05) is 44.7 Å². The number of phenolic OH excluding ortho intramolecular Hbond substituents is 1. The number of hydrogen-bond acceptors (Lipinski definition) is 2. The first-order valence-corrected chi connectivity index (χ1v) is 5.71. The van der Waals surface area contributed by atoms with Crippen LogP contribution in [0.1, 0.15) is 50.7 Å². The second kappa shape index (κ2) is 6.46. The molecule has 1 rings (SSSR count). The maximum absolute atomic E-state index is 9.83. The zero-order valence-corrected chi connectivity index (χ0v) is 9.32. The molecule has 0 radical (unpaired) electrons. The summed E-state index contributed by atoms with van der Waals surface area (Å²) in [5.41, 5.74) is 0.893. The van der Waals surface area contributed by atoms with E-state index in [2.05, 4.69) is 6.92 Å². The summed E-state index contributed by atoms with van der Waals surface area (Å²) in [6, 6.07) is 6.79. The summed E-state index contributed by atoms with van der Waals surface area (Å²) in [5.74, 6) is 0.247. The number of aliphatic hydroxyl groups excluding tert-OH is 1. The quantitative estimate of drug-likeness (QED) is 0.703. The van der Waals surface area contributed by atoms with Gasteiger partial charge >= 0.3 is 0 Å². The Morgan fingerprint density at radius 1 is 1.07 bits per heavy atom. The second-order valence-corrected chi connectivity index (χ2v) is 3.96. The number of hydrogen-bond donors (Lipinski definition) is 2. The fraction of sp³-hybridized carbons (Fsp3) is 0.538. The third-order valence-electron chi connectivity index (χ3n) is 2.61. The van der Waals surface area contributed by atoms with Gasteiger partial charge in [-0.05, 0) is 24.1 Å². The van der Waals surface area contributed by atoms with Gasteiger partial charge in [-0.15, -0.1) is 0 Å². The Labute approximate surface area is 91.6 Å². The molecule has 2 nitrogen and oxygen atoms in total. The molecular weight excluding hydrogens is 188 g/mol. The highest BCUT2D eigenvalue weighted by Gasteiger charge is 2.06. The molecule has 0 aliphatic rings. The van der Waals surface area contributed by atoms with E-state index in [0.29, 0.717) is 0 Å². The first-order chi connectivity index (χ1) is 7.24. The van der Waals surface area contributed by atoms with E-state index in [-0.39, 0.29) is 11.9 Å². The van der Waals surface area contributed by atoms with Crippen LogP contribution < -0.4 is 0 Å². The van der Waals surface area contributed by atoms with E-state index in [4.69, 9.17) is 5.11 Å². The maximum Gasteiger partial charge on any atom is 0.115 e. The number of benzene rings is 1. The topological polar surface area (TPSA) is 40.5 Å². The van der Waals surface area contributed by atoms with Crippen molar-refractivity contribution in [1.82, 2.24) is 0 Å². The van der Waals surface area contributed by atoms with Crippen LogP contribution in [0.3, 0.4) is 0 Å². The van der Waals surface area contributed by atoms with E-state index in [1.165, 1.54) is 19.3 Å². The Kier molecular flexibility index (Phi) is 5.19. The van der Waals surface area contributed by atoms with Crippen molar-refractivity contribution in [2.24, 2.45) is 0 Å². The van der Waals surface area contributed by atoms with Crippen LogP contribution >= 0.6 is 0 Å². The van der Waals surface area contributed by atoms with Crippen LogP contribution in [0.5, 0.6) is 5.75 Å². The molecule has 1 aromatic carbocycles. The molecule has 1 unspecified atom stereocenters. The van der Waals surface area contributed by atoms with Gasteiger partial charge < -0.3 is 10.2 Å². The number of rotatable bonds is 6. The summed E-state index contributed by atoms with van der Waals surface area (Å²) in [6.45, 7) is 2.18. The molecule has 0 saturated heterocycles. The Balaban J connectivity index is 2.33. The highest BCUT2D eigenvalue weighted by molar-refractivity contribution is 5.27. The summed E-state index contributed by atoms with van der Waals surface area (Å²) in [6.07, 6.45) is 5.13. The monoisotopic (exact) mass is 208 g/mol. The minimum atomic E-state index is -0.387. The molecule has 15 heavy (non-hydrogen) atoms.